The number of nitro groups is 1. The lowest BCUT2D eigenvalue weighted by atomic mass is 10.1. The van der Waals surface area contributed by atoms with Crippen LogP contribution in [0.5, 0.6) is 0 Å². The van der Waals surface area contributed by atoms with Gasteiger partial charge in [-0.05, 0) is 34.5 Å². The van der Waals surface area contributed by atoms with Crippen molar-refractivity contribution in [3.63, 3.8) is 0 Å². The van der Waals surface area contributed by atoms with Gasteiger partial charge in [0.25, 0.3) is 5.69 Å². The Labute approximate surface area is 183 Å². The van der Waals surface area contributed by atoms with Crippen molar-refractivity contribution in [2.45, 2.75) is 6.54 Å². The van der Waals surface area contributed by atoms with Gasteiger partial charge in [0.15, 0.2) is 0 Å². The third-order valence-corrected chi connectivity index (χ3v) is 5.33. The molecule has 156 valence electrons. The molecule has 0 unspecified atom stereocenters. The molecule has 7 heteroatoms. The molecule has 0 bridgehead atoms. The van der Waals surface area contributed by atoms with Crippen molar-refractivity contribution in [2.24, 2.45) is 5.10 Å². The normalized spacial score (nSPS) is 11.4. The van der Waals surface area contributed by atoms with E-state index >= 15 is 0 Å². The fourth-order valence-electron chi connectivity index (χ4n) is 3.77. The van der Waals surface area contributed by atoms with Crippen LogP contribution in [0.1, 0.15) is 11.1 Å². The number of pyridine rings is 1. The van der Waals surface area contributed by atoms with Crippen molar-refractivity contribution < 1.29 is 4.92 Å². The average Bonchev–Trinajstić information content (AvgIpc) is 3.17. The maximum atomic E-state index is 10.7. The van der Waals surface area contributed by atoms with Crippen LogP contribution < -0.4 is 5.43 Å². The molecule has 0 spiro atoms. The van der Waals surface area contributed by atoms with Crippen molar-refractivity contribution in [2.75, 3.05) is 5.43 Å². The molecule has 0 amide bonds. The first-order valence-electron chi connectivity index (χ1n) is 10.1. The molecule has 2 aromatic heterocycles. The monoisotopic (exact) mass is 421 g/mol. The van der Waals surface area contributed by atoms with E-state index in [4.69, 9.17) is 0 Å². The number of aromatic nitrogens is 2. The number of hydrazone groups is 1. The molecule has 2 heterocycles. The Bertz CT molecular complexity index is 1450. The van der Waals surface area contributed by atoms with E-state index in [0.717, 1.165) is 23.0 Å². The molecule has 3 aromatic carbocycles. The summed E-state index contributed by atoms with van der Waals surface area (Å²) in [5, 5.41) is 18.6. The molecule has 0 fully saturated rings. The molecule has 0 saturated heterocycles. The Morgan fingerprint density at radius 1 is 1.00 bits per heavy atom. The molecule has 0 aliphatic carbocycles. The smallest absolute Gasteiger partial charge is 0.287 e. The highest BCUT2D eigenvalue weighted by molar-refractivity contribution is 5.99. The fraction of sp³-hybridized carbons (Fsp3) is 0.0400. The predicted molar refractivity (Wildman–Crippen MR) is 127 cm³/mol. The second kappa shape index (κ2) is 8.31. The van der Waals surface area contributed by atoms with E-state index in [9.17, 15) is 10.1 Å². The van der Waals surface area contributed by atoms with Crippen LogP contribution in [0.2, 0.25) is 0 Å². The number of fused-ring (bicyclic) bond motifs is 2. The van der Waals surface area contributed by atoms with Crippen LogP contribution in [0.3, 0.4) is 0 Å². The Morgan fingerprint density at radius 2 is 1.81 bits per heavy atom. The lowest BCUT2D eigenvalue weighted by Gasteiger charge is -2.07. The number of nitrogens with one attached hydrogen (secondary N) is 1. The number of hydrogen-bond acceptors (Lipinski definition) is 5. The zero-order chi connectivity index (χ0) is 21.9. The van der Waals surface area contributed by atoms with E-state index in [1.54, 1.807) is 6.21 Å². The SMILES string of the molecule is O=[N+]([O-])c1ccc(NN=Cc2cn(Cc3ccc4ccccc4c3)c3ccccc23)nc1. The number of benzene rings is 3. The second-order valence-electron chi connectivity index (χ2n) is 7.44. The van der Waals surface area contributed by atoms with Gasteiger partial charge >= 0.3 is 0 Å². The molecule has 1 N–H and O–H groups in total. The first-order chi connectivity index (χ1) is 15.7. The van der Waals surface area contributed by atoms with Crippen molar-refractivity contribution in [3.05, 3.63) is 112 Å². The summed E-state index contributed by atoms with van der Waals surface area (Å²) in [7, 11) is 0. The second-order valence-corrected chi connectivity index (χ2v) is 7.44. The first kappa shape index (κ1) is 19.4. The van der Waals surface area contributed by atoms with Gasteiger partial charge in [0.05, 0.1) is 11.1 Å². The molecule has 0 radical (unpaired) electrons. The summed E-state index contributed by atoms with van der Waals surface area (Å²) in [4.78, 5) is 14.3. The maximum absolute atomic E-state index is 10.7. The summed E-state index contributed by atoms with van der Waals surface area (Å²) in [6, 6.07) is 26.0. The minimum Gasteiger partial charge on any atom is -0.342 e. The topological polar surface area (TPSA) is 85.4 Å². The number of nitrogens with zero attached hydrogens (tertiary/aromatic N) is 4. The Morgan fingerprint density at radius 3 is 2.62 bits per heavy atom. The zero-order valence-electron chi connectivity index (χ0n) is 17.1. The summed E-state index contributed by atoms with van der Waals surface area (Å²) >= 11 is 0. The predicted octanol–water partition coefficient (Wildman–Crippen LogP) is 5.59. The highest BCUT2D eigenvalue weighted by Crippen LogP contribution is 2.23. The minimum atomic E-state index is -0.482. The molecule has 32 heavy (non-hydrogen) atoms. The molecule has 5 rings (SSSR count). The van der Waals surface area contributed by atoms with Crippen molar-refractivity contribution in [1.82, 2.24) is 9.55 Å². The number of hydrogen-bond donors (Lipinski definition) is 1. The van der Waals surface area contributed by atoms with Crippen LogP contribution >= 0.6 is 0 Å². The molecule has 0 atom stereocenters. The van der Waals surface area contributed by atoms with Crippen molar-refractivity contribution in [3.8, 4) is 0 Å². The standard InChI is InChI=1S/C25H19N5O2/c31-30(32)22-11-12-25(26-15-22)28-27-14-21-17-29(24-8-4-3-7-23(21)24)16-18-9-10-19-5-1-2-6-20(19)13-18/h1-15,17H,16H2,(H,26,28). The summed E-state index contributed by atoms with van der Waals surface area (Å²) in [6.45, 7) is 0.747. The molecular formula is C25H19N5O2. The average molecular weight is 421 g/mol. The number of para-hydroxylation sites is 1. The molecule has 0 saturated carbocycles. The number of anilines is 1. The van der Waals surface area contributed by atoms with Crippen LogP contribution in [-0.4, -0.2) is 20.7 Å². The van der Waals surface area contributed by atoms with Crippen LogP contribution in [-0.2, 0) is 6.54 Å². The van der Waals surface area contributed by atoms with E-state index < -0.39 is 4.92 Å². The van der Waals surface area contributed by atoms with Gasteiger partial charge in [-0.25, -0.2) is 4.98 Å². The summed E-state index contributed by atoms with van der Waals surface area (Å²) in [5.41, 5.74) is 6.08. The first-order valence-corrected chi connectivity index (χ1v) is 10.1. The highest BCUT2D eigenvalue weighted by Gasteiger charge is 2.08. The largest absolute Gasteiger partial charge is 0.342 e. The van der Waals surface area contributed by atoms with E-state index in [1.807, 2.05) is 18.2 Å². The van der Waals surface area contributed by atoms with Gasteiger partial charge in [0.1, 0.15) is 12.0 Å². The van der Waals surface area contributed by atoms with Crippen molar-refractivity contribution in [1.29, 1.82) is 0 Å². The van der Waals surface area contributed by atoms with Crippen LogP contribution in [0, 0.1) is 10.1 Å². The van der Waals surface area contributed by atoms with E-state index in [2.05, 4.69) is 74.8 Å². The van der Waals surface area contributed by atoms with E-state index in [-0.39, 0.29) is 5.69 Å². The third-order valence-electron chi connectivity index (χ3n) is 5.33. The van der Waals surface area contributed by atoms with Gasteiger partial charge in [0, 0.05) is 35.3 Å². The number of rotatable bonds is 6. The molecule has 0 aliphatic heterocycles. The quantitative estimate of drug-likeness (QED) is 0.220. The molecular weight excluding hydrogens is 402 g/mol. The Balaban J connectivity index is 1.40. The highest BCUT2D eigenvalue weighted by atomic mass is 16.6. The van der Waals surface area contributed by atoms with Gasteiger partial charge in [0.2, 0.25) is 0 Å². The van der Waals surface area contributed by atoms with E-state index in [1.165, 1.54) is 34.7 Å². The lowest BCUT2D eigenvalue weighted by Crippen LogP contribution is -1.98. The molecule has 5 aromatic rings. The fourth-order valence-corrected chi connectivity index (χ4v) is 3.77. The zero-order valence-corrected chi connectivity index (χ0v) is 17.1. The minimum absolute atomic E-state index is 0.0590. The van der Waals surface area contributed by atoms with Gasteiger partial charge in [-0.1, -0.05) is 54.6 Å². The van der Waals surface area contributed by atoms with E-state index in [0.29, 0.717) is 5.82 Å². The molecule has 0 aliphatic rings. The van der Waals surface area contributed by atoms with Crippen LogP contribution in [0.4, 0.5) is 11.5 Å². The van der Waals surface area contributed by atoms with Gasteiger partial charge in [-0.2, -0.15) is 5.10 Å². The van der Waals surface area contributed by atoms with Crippen LogP contribution in [0.15, 0.2) is 96.4 Å². The van der Waals surface area contributed by atoms with Gasteiger partial charge in [-0.15, -0.1) is 0 Å². The maximum Gasteiger partial charge on any atom is 0.287 e. The summed E-state index contributed by atoms with van der Waals surface area (Å²) in [6.07, 6.45) is 5.02. The Kier molecular flexibility index (Phi) is 5.05. The molecule has 7 nitrogen and oxygen atoms in total. The van der Waals surface area contributed by atoms with Crippen LogP contribution in [0.25, 0.3) is 21.7 Å². The van der Waals surface area contributed by atoms with Gasteiger partial charge in [-0.3, -0.25) is 15.5 Å². The summed E-state index contributed by atoms with van der Waals surface area (Å²) < 4.78 is 2.21. The van der Waals surface area contributed by atoms with Crippen molar-refractivity contribution >= 4 is 39.4 Å². The third kappa shape index (κ3) is 3.91. The Hall–Kier alpha value is -4.52. The summed E-state index contributed by atoms with van der Waals surface area (Å²) in [5.74, 6) is 0.437. The van der Waals surface area contributed by atoms with Gasteiger partial charge < -0.3 is 4.57 Å². The lowest BCUT2D eigenvalue weighted by molar-refractivity contribution is -0.385.